The minimum atomic E-state index is -0.795. The van der Waals surface area contributed by atoms with E-state index >= 15 is 0 Å². The molecule has 0 unspecified atom stereocenters. The molecule has 0 spiro atoms. The highest BCUT2D eigenvalue weighted by Gasteiger charge is 2.10. The molecule has 0 bridgehead atoms. The quantitative estimate of drug-likeness (QED) is 0.658. The van der Waals surface area contributed by atoms with Gasteiger partial charge in [-0.25, -0.2) is 13.6 Å². The van der Waals surface area contributed by atoms with Gasteiger partial charge in [0.1, 0.15) is 11.6 Å². The molecule has 0 saturated carbocycles. The van der Waals surface area contributed by atoms with Crippen molar-refractivity contribution in [1.29, 1.82) is 0 Å². The number of anilines is 1. The van der Waals surface area contributed by atoms with Crippen LogP contribution in [0.1, 0.15) is 5.56 Å². The molecule has 0 aliphatic heterocycles. The van der Waals surface area contributed by atoms with E-state index in [0.717, 1.165) is 24.3 Å². The van der Waals surface area contributed by atoms with Crippen LogP contribution < -0.4 is 5.32 Å². The molecule has 0 heterocycles. The van der Waals surface area contributed by atoms with Gasteiger partial charge in [-0.05, 0) is 35.9 Å². The van der Waals surface area contributed by atoms with Gasteiger partial charge >= 0.3 is 5.97 Å². The van der Waals surface area contributed by atoms with E-state index in [2.05, 4.69) is 5.32 Å². The van der Waals surface area contributed by atoms with Gasteiger partial charge in [-0.3, -0.25) is 4.79 Å². The number of rotatable bonds is 5. The third-order valence-electron chi connectivity index (χ3n) is 2.81. The predicted molar refractivity (Wildman–Crippen MR) is 86.4 cm³/mol. The zero-order valence-corrected chi connectivity index (χ0v) is 13.0. The molecule has 1 N–H and O–H groups in total. The Hall–Kier alpha value is -2.73. The summed E-state index contributed by atoms with van der Waals surface area (Å²) in [5.74, 6) is -3.04. The molecule has 2 aromatic rings. The molecule has 124 valence electrons. The van der Waals surface area contributed by atoms with Crippen molar-refractivity contribution in [2.75, 3.05) is 11.9 Å². The van der Waals surface area contributed by atoms with Crippen LogP contribution in [-0.4, -0.2) is 18.5 Å². The number of nitrogens with one attached hydrogen (secondary N) is 1. The van der Waals surface area contributed by atoms with Crippen molar-refractivity contribution in [1.82, 2.24) is 0 Å². The average molecular weight is 352 g/mol. The van der Waals surface area contributed by atoms with Crippen LogP contribution in [0, 0.1) is 11.6 Å². The molecule has 0 aliphatic carbocycles. The maximum absolute atomic E-state index is 13.4. The van der Waals surface area contributed by atoms with Crippen LogP contribution in [0.25, 0.3) is 6.08 Å². The van der Waals surface area contributed by atoms with Gasteiger partial charge in [-0.15, -0.1) is 0 Å². The molecule has 0 aliphatic rings. The number of halogens is 3. The van der Waals surface area contributed by atoms with Gasteiger partial charge in [0.25, 0.3) is 5.91 Å². The van der Waals surface area contributed by atoms with Gasteiger partial charge in [0.05, 0.1) is 5.69 Å². The molecule has 0 fully saturated rings. The molecule has 0 atom stereocenters. The van der Waals surface area contributed by atoms with Crippen LogP contribution in [-0.2, 0) is 14.3 Å². The SMILES string of the molecule is O=C(COC(=O)/C=C/c1cccc(Cl)c1)Nc1cc(F)ccc1F. The average Bonchev–Trinajstić information content (AvgIpc) is 2.54. The summed E-state index contributed by atoms with van der Waals surface area (Å²) in [4.78, 5) is 23.1. The van der Waals surface area contributed by atoms with Crippen LogP contribution in [0.3, 0.4) is 0 Å². The van der Waals surface area contributed by atoms with E-state index in [4.69, 9.17) is 16.3 Å². The number of hydrogen-bond acceptors (Lipinski definition) is 3. The summed E-state index contributed by atoms with van der Waals surface area (Å²) in [6.45, 7) is -0.630. The molecule has 4 nitrogen and oxygen atoms in total. The van der Waals surface area contributed by atoms with E-state index < -0.39 is 30.1 Å². The van der Waals surface area contributed by atoms with Gasteiger partial charge in [0.15, 0.2) is 6.61 Å². The second kappa shape index (κ2) is 8.21. The summed E-state index contributed by atoms with van der Waals surface area (Å²) in [6.07, 6.45) is 2.60. The topological polar surface area (TPSA) is 55.4 Å². The van der Waals surface area contributed by atoms with Gasteiger partial charge < -0.3 is 10.1 Å². The molecule has 2 rings (SSSR count). The number of amides is 1. The van der Waals surface area contributed by atoms with Crippen molar-refractivity contribution in [3.05, 3.63) is 70.8 Å². The van der Waals surface area contributed by atoms with Crippen molar-refractivity contribution in [3.8, 4) is 0 Å². The maximum Gasteiger partial charge on any atom is 0.331 e. The van der Waals surface area contributed by atoms with Gasteiger partial charge in [0.2, 0.25) is 0 Å². The second-order valence-electron chi connectivity index (χ2n) is 4.67. The summed E-state index contributed by atoms with van der Waals surface area (Å²) >= 11 is 5.80. The predicted octanol–water partition coefficient (Wildman–Crippen LogP) is 3.81. The van der Waals surface area contributed by atoms with E-state index in [9.17, 15) is 18.4 Å². The third-order valence-corrected chi connectivity index (χ3v) is 3.04. The smallest absolute Gasteiger partial charge is 0.331 e. The first kappa shape index (κ1) is 17.6. The normalized spacial score (nSPS) is 10.6. The summed E-state index contributed by atoms with van der Waals surface area (Å²) < 4.78 is 31.0. The molecular formula is C17H12ClF2NO3. The first-order valence-corrected chi connectivity index (χ1v) is 7.17. The van der Waals surface area contributed by atoms with Crippen molar-refractivity contribution >= 4 is 35.2 Å². The summed E-state index contributed by atoms with van der Waals surface area (Å²) in [7, 11) is 0. The molecule has 1 amide bonds. The number of esters is 1. The van der Waals surface area contributed by atoms with Gasteiger partial charge in [-0.2, -0.15) is 0 Å². The fourth-order valence-corrected chi connectivity index (χ4v) is 1.94. The second-order valence-corrected chi connectivity index (χ2v) is 5.10. The molecule has 2 aromatic carbocycles. The molecule has 7 heteroatoms. The Balaban J connectivity index is 1.85. The molecular weight excluding hydrogens is 340 g/mol. The van der Waals surface area contributed by atoms with E-state index in [1.165, 1.54) is 6.08 Å². The molecule has 0 radical (unpaired) electrons. The summed E-state index contributed by atoms with van der Waals surface area (Å²) in [5.41, 5.74) is 0.358. The van der Waals surface area contributed by atoms with Crippen molar-refractivity contribution in [2.24, 2.45) is 0 Å². The summed E-state index contributed by atoms with van der Waals surface area (Å²) in [6, 6.07) is 9.41. The van der Waals surface area contributed by atoms with Crippen molar-refractivity contribution < 1.29 is 23.1 Å². The largest absolute Gasteiger partial charge is 0.452 e. The number of carbonyl (C=O) groups excluding carboxylic acids is 2. The zero-order valence-electron chi connectivity index (χ0n) is 12.3. The Morgan fingerprint density at radius 2 is 1.96 bits per heavy atom. The highest BCUT2D eigenvalue weighted by molar-refractivity contribution is 6.30. The molecule has 0 saturated heterocycles. The highest BCUT2D eigenvalue weighted by Crippen LogP contribution is 2.15. The lowest BCUT2D eigenvalue weighted by atomic mass is 10.2. The standard InChI is InChI=1S/C17H12ClF2NO3/c18-12-3-1-2-11(8-12)4-7-17(23)24-10-16(22)21-15-9-13(19)5-6-14(15)20/h1-9H,10H2,(H,21,22)/b7-4+. The fraction of sp³-hybridized carbons (Fsp3) is 0.0588. The lowest BCUT2D eigenvalue weighted by molar-refractivity contribution is -0.142. The lowest BCUT2D eigenvalue weighted by Crippen LogP contribution is -2.20. The molecule has 0 aromatic heterocycles. The van der Waals surface area contributed by atoms with Gasteiger partial charge in [-0.1, -0.05) is 23.7 Å². The monoisotopic (exact) mass is 351 g/mol. The van der Waals surface area contributed by atoms with E-state index in [1.807, 2.05) is 0 Å². The van der Waals surface area contributed by atoms with Gasteiger partial charge in [0, 0.05) is 17.2 Å². The first-order chi connectivity index (χ1) is 11.4. The van der Waals surface area contributed by atoms with Crippen molar-refractivity contribution in [2.45, 2.75) is 0 Å². The van der Waals surface area contributed by atoms with Crippen LogP contribution in [0.4, 0.5) is 14.5 Å². The van der Waals surface area contributed by atoms with E-state index in [-0.39, 0.29) is 5.69 Å². The summed E-state index contributed by atoms with van der Waals surface area (Å²) in [5, 5.41) is 2.63. The number of benzene rings is 2. The van der Waals surface area contributed by atoms with Crippen LogP contribution in [0.15, 0.2) is 48.5 Å². The Labute approximate surface area is 141 Å². The number of carbonyl (C=O) groups is 2. The minimum Gasteiger partial charge on any atom is -0.452 e. The zero-order chi connectivity index (χ0) is 17.5. The molecule has 24 heavy (non-hydrogen) atoms. The number of hydrogen-bond donors (Lipinski definition) is 1. The van der Waals surface area contributed by atoms with Crippen LogP contribution in [0.2, 0.25) is 5.02 Å². The van der Waals surface area contributed by atoms with E-state index in [0.29, 0.717) is 10.6 Å². The Bertz CT molecular complexity index is 793. The van der Waals surface area contributed by atoms with Crippen LogP contribution in [0.5, 0.6) is 0 Å². The Morgan fingerprint density at radius 1 is 1.17 bits per heavy atom. The minimum absolute atomic E-state index is 0.328. The highest BCUT2D eigenvalue weighted by atomic mass is 35.5. The lowest BCUT2D eigenvalue weighted by Gasteiger charge is -2.06. The number of ether oxygens (including phenoxy) is 1. The fourth-order valence-electron chi connectivity index (χ4n) is 1.74. The van der Waals surface area contributed by atoms with E-state index in [1.54, 1.807) is 24.3 Å². The van der Waals surface area contributed by atoms with Crippen LogP contribution >= 0.6 is 11.6 Å². The first-order valence-electron chi connectivity index (χ1n) is 6.79. The van der Waals surface area contributed by atoms with Crippen molar-refractivity contribution in [3.63, 3.8) is 0 Å². The third kappa shape index (κ3) is 5.48. The Kier molecular flexibility index (Phi) is 6.03. The Morgan fingerprint density at radius 3 is 2.71 bits per heavy atom. The maximum atomic E-state index is 13.4.